The van der Waals surface area contributed by atoms with Gasteiger partial charge in [0.2, 0.25) is 0 Å². The molecular weight excluding hydrogens is 351 g/mol. The van der Waals surface area contributed by atoms with E-state index < -0.39 is 0 Å². The molecule has 2 aromatic rings. The van der Waals surface area contributed by atoms with Crippen molar-refractivity contribution in [3.8, 4) is 5.69 Å². The summed E-state index contributed by atoms with van der Waals surface area (Å²) < 4.78 is 2.17. The third kappa shape index (κ3) is 2.83. The van der Waals surface area contributed by atoms with Crippen molar-refractivity contribution in [2.24, 2.45) is 17.8 Å². The minimum Gasteiger partial charge on any atom is -0.318 e. The van der Waals surface area contributed by atoms with Gasteiger partial charge in [0, 0.05) is 24.0 Å². The Kier molecular flexibility index (Phi) is 3.92. The van der Waals surface area contributed by atoms with E-state index in [0.29, 0.717) is 15.6 Å². The first-order chi connectivity index (χ1) is 12.1. The minimum absolute atomic E-state index is 0.377. The molecule has 4 heteroatoms. The number of nitrogens with one attached hydrogen (secondary N) is 1. The first kappa shape index (κ1) is 16.2. The molecule has 4 bridgehead atoms. The Hall–Kier alpha value is -0.960. The van der Waals surface area contributed by atoms with Crippen LogP contribution in [0.5, 0.6) is 0 Å². The van der Waals surface area contributed by atoms with Gasteiger partial charge in [-0.25, -0.2) is 0 Å². The van der Waals surface area contributed by atoms with E-state index in [1.807, 2.05) is 18.2 Å². The Morgan fingerprint density at radius 1 is 0.960 bits per heavy atom. The lowest BCUT2D eigenvalue weighted by atomic mass is 9.53. The molecular formula is C21H24Cl2N2. The fourth-order valence-electron chi connectivity index (χ4n) is 6.08. The summed E-state index contributed by atoms with van der Waals surface area (Å²) >= 11 is 12.7. The lowest BCUT2D eigenvalue weighted by molar-refractivity contribution is -0.0207. The molecule has 4 aliphatic rings. The standard InChI is InChI=1S/C21H24Cl2N2/c22-18-4-1-5-19(20(18)23)25-6-2-3-17(25)13-24-21-10-14-7-15(11-21)9-16(8-14)12-21/h1-6,14-16,24H,7-13H2. The molecule has 1 heterocycles. The van der Waals surface area contributed by atoms with E-state index >= 15 is 0 Å². The minimum atomic E-state index is 0.377. The van der Waals surface area contributed by atoms with Gasteiger partial charge in [0.15, 0.2) is 0 Å². The van der Waals surface area contributed by atoms with E-state index in [4.69, 9.17) is 23.2 Å². The predicted octanol–water partition coefficient (Wildman–Crippen LogP) is 5.84. The van der Waals surface area contributed by atoms with Gasteiger partial charge >= 0.3 is 0 Å². The third-order valence-electron chi connectivity index (χ3n) is 6.71. The fraction of sp³-hybridized carbons (Fsp3) is 0.524. The van der Waals surface area contributed by atoms with Gasteiger partial charge in [0.05, 0.1) is 15.7 Å². The molecule has 4 fully saturated rings. The highest BCUT2D eigenvalue weighted by atomic mass is 35.5. The van der Waals surface area contributed by atoms with Crippen molar-refractivity contribution >= 4 is 23.2 Å². The molecule has 4 aliphatic carbocycles. The summed E-state index contributed by atoms with van der Waals surface area (Å²) in [4.78, 5) is 0. The summed E-state index contributed by atoms with van der Waals surface area (Å²) in [6.45, 7) is 0.891. The molecule has 132 valence electrons. The smallest absolute Gasteiger partial charge is 0.0832 e. The van der Waals surface area contributed by atoms with Crippen LogP contribution in [0.3, 0.4) is 0 Å². The van der Waals surface area contributed by atoms with Gasteiger partial charge in [-0.05, 0) is 80.5 Å². The van der Waals surface area contributed by atoms with E-state index in [2.05, 4.69) is 28.2 Å². The summed E-state index contributed by atoms with van der Waals surface area (Å²) in [5, 5.41) is 5.20. The number of nitrogens with zero attached hydrogens (tertiary/aromatic N) is 1. The molecule has 25 heavy (non-hydrogen) atoms. The van der Waals surface area contributed by atoms with E-state index in [0.717, 1.165) is 30.0 Å². The van der Waals surface area contributed by atoms with Crippen molar-refractivity contribution in [3.05, 3.63) is 52.3 Å². The van der Waals surface area contributed by atoms with Crippen LogP contribution in [-0.2, 0) is 6.54 Å². The molecule has 6 rings (SSSR count). The van der Waals surface area contributed by atoms with Crippen molar-refractivity contribution in [3.63, 3.8) is 0 Å². The Morgan fingerprint density at radius 2 is 1.64 bits per heavy atom. The van der Waals surface area contributed by atoms with E-state index in [1.54, 1.807) is 0 Å². The normalized spacial score (nSPS) is 33.1. The second-order valence-electron chi connectivity index (χ2n) is 8.49. The Bertz CT molecular complexity index is 760. The molecule has 0 radical (unpaired) electrons. The van der Waals surface area contributed by atoms with Crippen LogP contribution in [0.2, 0.25) is 10.0 Å². The lowest BCUT2D eigenvalue weighted by Crippen LogP contribution is -2.58. The zero-order valence-electron chi connectivity index (χ0n) is 14.3. The van der Waals surface area contributed by atoms with E-state index in [9.17, 15) is 0 Å². The Morgan fingerprint density at radius 3 is 2.32 bits per heavy atom. The predicted molar refractivity (Wildman–Crippen MR) is 104 cm³/mol. The number of benzene rings is 1. The molecule has 4 saturated carbocycles. The number of hydrogen-bond donors (Lipinski definition) is 1. The van der Waals surface area contributed by atoms with Gasteiger partial charge in [-0.2, -0.15) is 0 Å². The van der Waals surface area contributed by atoms with Gasteiger partial charge in [-0.15, -0.1) is 0 Å². The maximum Gasteiger partial charge on any atom is 0.0832 e. The van der Waals surface area contributed by atoms with Gasteiger partial charge in [-0.1, -0.05) is 29.3 Å². The Labute approximate surface area is 159 Å². The first-order valence-corrected chi connectivity index (χ1v) is 10.2. The lowest BCUT2D eigenvalue weighted by Gasteiger charge is -2.57. The fourth-order valence-corrected chi connectivity index (χ4v) is 6.47. The highest BCUT2D eigenvalue weighted by Crippen LogP contribution is 2.55. The van der Waals surface area contributed by atoms with Gasteiger partial charge < -0.3 is 9.88 Å². The summed E-state index contributed by atoms with van der Waals surface area (Å²) in [5.74, 6) is 2.90. The number of hydrogen-bond acceptors (Lipinski definition) is 1. The van der Waals surface area contributed by atoms with Gasteiger partial charge in [-0.3, -0.25) is 0 Å². The van der Waals surface area contributed by atoms with Crippen LogP contribution in [0.1, 0.15) is 44.2 Å². The third-order valence-corrected chi connectivity index (χ3v) is 7.52. The number of rotatable bonds is 4. The van der Waals surface area contributed by atoms with E-state index in [-0.39, 0.29) is 0 Å². The second-order valence-corrected chi connectivity index (χ2v) is 9.28. The molecule has 0 atom stereocenters. The zero-order chi connectivity index (χ0) is 17.0. The molecule has 2 nitrogen and oxygen atoms in total. The van der Waals surface area contributed by atoms with Crippen LogP contribution in [0.4, 0.5) is 0 Å². The molecule has 1 aromatic heterocycles. The van der Waals surface area contributed by atoms with Crippen molar-refractivity contribution in [1.82, 2.24) is 9.88 Å². The Balaban J connectivity index is 1.38. The molecule has 0 spiro atoms. The summed E-state index contributed by atoms with van der Waals surface area (Å²) in [5.41, 5.74) is 2.59. The van der Waals surface area contributed by atoms with Gasteiger partial charge in [0.25, 0.3) is 0 Å². The van der Waals surface area contributed by atoms with Crippen molar-refractivity contribution in [2.45, 2.75) is 50.6 Å². The monoisotopic (exact) mass is 374 g/mol. The summed E-state index contributed by atoms with van der Waals surface area (Å²) in [6.07, 6.45) is 10.6. The molecule has 0 aliphatic heterocycles. The molecule has 0 amide bonds. The quantitative estimate of drug-likeness (QED) is 0.710. The van der Waals surface area contributed by atoms with Crippen LogP contribution >= 0.6 is 23.2 Å². The van der Waals surface area contributed by atoms with Crippen LogP contribution < -0.4 is 5.32 Å². The molecule has 1 aromatic carbocycles. The van der Waals surface area contributed by atoms with Crippen LogP contribution in [-0.4, -0.2) is 10.1 Å². The molecule has 0 saturated heterocycles. The van der Waals surface area contributed by atoms with Crippen molar-refractivity contribution in [2.75, 3.05) is 0 Å². The van der Waals surface area contributed by atoms with E-state index in [1.165, 1.54) is 44.2 Å². The second kappa shape index (κ2) is 6.04. The van der Waals surface area contributed by atoms with Crippen molar-refractivity contribution < 1.29 is 0 Å². The maximum atomic E-state index is 6.44. The van der Waals surface area contributed by atoms with Gasteiger partial charge in [0.1, 0.15) is 0 Å². The average Bonchev–Trinajstić information content (AvgIpc) is 3.03. The number of aromatic nitrogens is 1. The highest BCUT2D eigenvalue weighted by Gasteiger charge is 2.50. The average molecular weight is 375 g/mol. The van der Waals surface area contributed by atoms with Crippen LogP contribution in [0, 0.1) is 17.8 Å². The summed E-state index contributed by atoms with van der Waals surface area (Å²) in [7, 11) is 0. The molecule has 1 N–H and O–H groups in total. The largest absolute Gasteiger partial charge is 0.318 e. The number of halogens is 2. The molecule has 0 unspecified atom stereocenters. The van der Waals surface area contributed by atoms with Crippen molar-refractivity contribution in [1.29, 1.82) is 0 Å². The SMILES string of the molecule is Clc1cccc(-n2cccc2CNC23CC4CC(CC(C4)C2)C3)c1Cl. The van der Waals surface area contributed by atoms with Crippen LogP contribution in [0.25, 0.3) is 5.69 Å². The first-order valence-electron chi connectivity index (χ1n) is 9.47. The zero-order valence-corrected chi connectivity index (χ0v) is 15.9. The highest BCUT2D eigenvalue weighted by molar-refractivity contribution is 6.43. The maximum absolute atomic E-state index is 6.44. The summed E-state index contributed by atoms with van der Waals surface area (Å²) in [6, 6.07) is 10.1. The van der Waals surface area contributed by atoms with Crippen LogP contribution in [0.15, 0.2) is 36.5 Å². The topological polar surface area (TPSA) is 17.0 Å².